The summed E-state index contributed by atoms with van der Waals surface area (Å²) < 4.78 is 0. The molecule has 7 heteroatoms. The summed E-state index contributed by atoms with van der Waals surface area (Å²) in [6.45, 7) is 4.29. The van der Waals surface area contributed by atoms with Crippen LogP contribution in [-0.2, 0) is 0 Å². The minimum absolute atomic E-state index is 0.0432. The summed E-state index contributed by atoms with van der Waals surface area (Å²) in [5, 5.41) is 10.5. The molecule has 1 aromatic carbocycles. The summed E-state index contributed by atoms with van der Waals surface area (Å²) in [5.74, 6) is -0.165. The number of anilines is 1. The highest BCUT2D eigenvalue weighted by molar-refractivity contribution is 7.10. The van der Waals surface area contributed by atoms with Crippen LogP contribution in [-0.4, -0.2) is 43.5 Å². The van der Waals surface area contributed by atoms with Gasteiger partial charge < -0.3 is 20.9 Å². The Balaban J connectivity index is 1.98. The highest BCUT2D eigenvalue weighted by Gasteiger charge is 2.17. The molecule has 0 saturated heterocycles. The van der Waals surface area contributed by atoms with Crippen molar-refractivity contribution in [1.29, 1.82) is 0 Å². The maximum atomic E-state index is 12.5. The fourth-order valence-corrected chi connectivity index (χ4v) is 3.40. The van der Waals surface area contributed by atoms with Crippen molar-refractivity contribution in [3.63, 3.8) is 0 Å². The van der Waals surface area contributed by atoms with E-state index in [4.69, 9.17) is 0 Å². The fraction of sp³-hybridized carbons (Fsp3) is 0.368. The highest BCUT2D eigenvalue weighted by atomic mass is 32.1. The number of likely N-dealkylation sites (N-methyl/N-ethyl adjacent to an activating group) is 1. The molecule has 0 aliphatic carbocycles. The van der Waals surface area contributed by atoms with Gasteiger partial charge in [0.2, 0.25) is 0 Å². The zero-order valence-corrected chi connectivity index (χ0v) is 16.4. The van der Waals surface area contributed by atoms with Gasteiger partial charge >= 0.3 is 6.03 Å². The van der Waals surface area contributed by atoms with E-state index in [0.717, 1.165) is 0 Å². The quantitative estimate of drug-likeness (QED) is 0.696. The van der Waals surface area contributed by atoms with Crippen LogP contribution in [0.5, 0.6) is 0 Å². The van der Waals surface area contributed by atoms with E-state index in [0.29, 0.717) is 17.8 Å². The molecule has 0 fully saturated rings. The zero-order valence-electron chi connectivity index (χ0n) is 15.6. The first-order chi connectivity index (χ1) is 12.4. The lowest BCUT2D eigenvalue weighted by atomic mass is 10.1. The molecule has 6 nitrogen and oxygen atoms in total. The minimum atomic E-state index is -0.289. The van der Waals surface area contributed by atoms with Gasteiger partial charge in [0.25, 0.3) is 5.91 Å². The molecule has 0 aliphatic heterocycles. The molecule has 26 heavy (non-hydrogen) atoms. The molecule has 2 rings (SSSR count). The number of nitrogens with one attached hydrogen (secondary N) is 3. The van der Waals surface area contributed by atoms with Crippen molar-refractivity contribution in [3.8, 4) is 0 Å². The summed E-state index contributed by atoms with van der Waals surface area (Å²) >= 11 is 1.67. The van der Waals surface area contributed by atoms with E-state index in [1.165, 1.54) is 4.88 Å². The van der Waals surface area contributed by atoms with E-state index in [9.17, 15) is 9.59 Å². The highest BCUT2D eigenvalue weighted by Crippen LogP contribution is 2.22. The fourth-order valence-electron chi connectivity index (χ4n) is 2.48. The van der Waals surface area contributed by atoms with E-state index >= 15 is 0 Å². The molecule has 1 heterocycles. The SMILES string of the molecule is CC(C)NC(=O)Nc1cccc(C(=O)NCC(c2cccs2)N(C)C)c1. The van der Waals surface area contributed by atoms with Crippen LogP contribution in [0.2, 0.25) is 0 Å². The van der Waals surface area contributed by atoms with Crippen LogP contribution < -0.4 is 16.0 Å². The first kappa shape index (κ1) is 19.9. The van der Waals surface area contributed by atoms with Crippen LogP contribution >= 0.6 is 11.3 Å². The van der Waals surface area contributed by atoms with E-state index in [1.54, 1.807) is 35.6 Å². The average Bonchev–Trinajstić information content (AvgIpc) is 3.08. The molecule has 0 saturated carbocycles. The largest absolute Gasteiger partial charge is 0.350 e. The van der Waals surface area contributed by atoms with Crippen molar-refractivity contribution in [2.24, 2.45) is 0 Å². The molecule has 140 valence electrons. The van der Waals surface area contributed by atoms with Gasteiger partial charge in [0, 0.05) is 28.7 Å². The molecule has 3 amide bonds. The van der Waals surface area contributed by atoms with Crippen molar-refractivity contribution in [2.75, 3.05) is 26.0 Å². The molecule has 3 N–H and O–H groups in total. The predicted molar refractivity (Wildman–Crippen MR) is 107 cm³/mol. The van der Waals surface area contributed by atoms with Gasteiger partial charge in [-0.05, 0) is 57.6 Å². The first-order valence-electron chi connectivity index (χ1n) is 8.52. The number of hydrogen-bond acceptors (Lipinski definition) is 4. The maximum absolute atomic E-state index is 12.5. The van der Waals surface area contributed by atoms with Gasteiger partial charge in [-0.3, -0.25) is 4.79 Å². The Kier molecular flexibility index (Phi) is 7.17. The van der Waals surface area contributed by atoms with Crippen LogP contribution in [0.25, 0.3) is 0 Å². The van der Waals surface area contributed by atoms with E-state index in [-0.39, 0.29) is 24.0 Å². The molecular weight excluding hydrogens is 348 g/mol. The molecule has 1 aromatic heterocycles. The van der Waals surface area contributed by atoms with Gasteiger partial charge in [0.15, 0.2) is 0 Å². The number of urea groups is 1. The maximum Gasteiger partial charge on any atom is 0.319 e. The van der Waals surface area contributed by atoms with Crippen LogP contribution in [0, 0.1) is 0 Å². The standard InChI is InChI=1S/C19H26N4O2S/c1-13(2)21-19(25)22-15-8-5-7-14(11-15)18(24)20-12-16(23(3)4)17-9-6-10-26-17/h5-11,13,16H,12H2,1-4H3,(H,20,24)(H2,21,22,25). The van der Waals surface area contributed by atoms with E-state index < -0.39 is 0 Å². The third-order valence-corrected chi connectivity index (χ3v) is 4.73. The molecule has 0 spiro atoms. The van der Waals surface area contributed by atoms with Crippen molar-refractivity contribution in [1.82, 2.24) is 15.5 Å². The molecule has 1 atom stereocenters. The second-order valence-electron chi connectivity index (χ2n) is 6.54. The van der Waals surface area contributed by atoms with Gasteiger partial charge in [0.05, 0.1) is 6.04 Å². The lowest BCUT2D eigenvalue weighted by Crippen LogP contribution is -2.35. The normalized spacial score (nSPS) is 12.1. The van der Waals surface area contributed by atoms with Crippen molar-refractivity contribution >= 4 is 29.0 Å². The smallest absolute Gasteiger partial charge is 0.319 e. The number of amides is 3. The molecule has 1 unspecified atom stereocenters. The summed E-state index contributed by atoms with van der Waals surface area (Å²) in [5.41, 5.74) is 1.09. The number of carbonyl (C=O) groups excluding carboxylic acids is 2. The summed E-state index contributed by atoms with van der Waals surface area (Å²) in [7, 11) is 3.99. The summed E-state index contributed by atoms with van der Waals surface area (Å²) in [6.07, 6.45) is 0. The second kappa shape index (κ2) is 9.35. The van der Waals surface area contributed by atoms with Crippen molar-refractivity contribution in [2.45, 2.75) is 25.9 Å². The van der Waals surface area contributed by atoms with E-state index in [2.05, 4.69) is 26.9 Å². The van der Waals surface area contributed by atoms with Crippen molar-refractivity contribution < 1.29 is 9.59 Å². The van der Waals surface area contributed by atoms with Gasteiger partial charge in [-0.2, -0.15) is 0 Å². The Morgan fingerprint density at radius 2 is 1.92 bits per heavy atom. The Hall–Kier alpha value is -2.38. The zero-order chi connectivity index (χ0) is 19.1. The Morgan fingerprint density at radius 1 is 1.15 bits per heavy atom. The third kappa shape index (κ3) is 5.86. The van der Waals surface area contributed by atoms with Gasteiger partial charge in [0.1, 0.15) is 0 Å². The topological polar surface area (TPSA) is 73.5 Å². The number of benzene rings is 1. The Morgan fingerprint density at radius 3 is 2.54 bits per heavy atom. The van der Waals surface area contributed by atoms with E-state index in [1.807, 2.05) is 39.4 Å². The second-order valence-corrected chi connectivity index (χ2v) is 7.52. The Bertz CT molecular complexity index is 729. The molecular formula is C19H26N4O2S. The van der Waals surface area contributed by atoms with Crippen LogP contribution in [0.1, 0.15) is 35.1 Å². The van der Waals surface area contributed by atoms with Crippen molar-refractivity contribution in [3.05, 3.63) is 52.2 Å². The number of rotatable bonds is 7. The molecule has 0 aliphatic rings. The van der Waals surface area contributed by atoms with Crippen LogP contribution in [0.3, 0.4) is 0 Å². The lowest BCUT2D eigenvalue weighted by Gasteiger charge is -2.23. The number of thiophene rings is 1. The average molecular weight is 375 g/mol. The molecule has 0 bridgehead atoms. The predicted octanol–water partition coefficient (Wildman–Crippen LogP) is 3.31. The summed E-state index contributed by atoms with van der Waals surface area (Å²) in [6, 6.07) is 10.9. The van der Waals surface area contributed by atoms with Crippen LogP contribution in [0.4, 0.5) is 10.5 Å². The van der Waals surface area contributed by atoms with Crippen LogP contribution in [0.15, 0.2) is 41.8 Å². The number of nitrogens with zero attached hydrogens (tertiary/aromatic N) is 1. The molecule has 0 radical (unpaired) electrons. The van der Waals surface area contributed by atoms with Gasteiger partial charge in [-0.1, -0.05) is 12.1 Å². The lowest BCUT2D eigenvalue weighted by molar-refractivity contribution is 0.0942. The number of carbonyl (C=O) groups is 2. The number of hydrogen-bond donors (Lipinski definition) is 3. The Labute approximate surface area is 158 Å². The molecule has 2 aromatic rings. The third-order valence-electron chi connectivity index (χ3n) is 3.75. The minimum Gasteiger partial charge on any atom is -0.350 e. The van der Waals surface area contributed by atoms with Gasteiger partial charge in [-0.15, -0.1) is 11.3 Å². The monoisotopic (exact) mass is 374 g/mol. The first-order valence-corrected chi connectivity index (χ1v) is 9.40. The van der Waals surface area contributed by atoms with Gasteiger partial charge in [-0.25, -0.2) is 4.79 Å². The summed E-state index contributed by atoms with van der Waals surface area (Å²) in [4.78, 5) is 27.6.